The van der Waals surface area contributed by atoms with Crippen molar-refractivity contribution in [3.8, 4) is 0 Å². The minimum Gasteiger partial charge on any atom is -0.402 e. The number of carbonyl (C=O) groups excluding carboxylic acids is 1. The van der Waals surface area contributed by atoms with E-state index in [1.165, 1.54) is 0 Å². The average Bonchev–Trinajstić information content (AvgIpc) is 2.81. The highest BCUT2D eigenvalue weighted by Crippen LogP contribution is 2.20. The van der Waals surface area contributed by atoms with Gasteiger partial charge in [0.1, 0.15) is 0 Å². The lowest BCUT2D eigenvalue weighted by Gasteiger charge is -1.98. The minimum absolute atomic E-state index is 0.277. The predicted molar refractivity (Wildman–Crippen MR) is 78.5 cm³/mol. The van der Waals surface area contributed by atoms with Gasteiger partial charge < -0.3 is 4.74 Å². The van der Waals surface area contributed by atoms with Gasteiger partial charge in [-0.25, -0.2) is 9.79 Å². The second-order valence-electron chi connectivity index (χ2n) is 4.26. The summed E-state index contributed by atoms with van der Waals surface area (Å²) in [6.07, 6.45) is 1.69. The molecule has 0 spiro atoms. The Labute approximate surface area is 121 Å². The van der Waals surface area contributed by atoms with E-state index >= 15 is 0 Å². The number of aliphatic imine (C=N–C) groups is 1. The molecule has 0 fully saturated rings. The topological polar surface area (TPSA) is 38.7 Å². The summed E-state index contributed by atoms with van der Waals surface area (Å²) in [5.74, 6) is -0.177. The fourth-order valence-electron chi connectivity index (χ4n) is 1.86. The number of hydrogen-bond acceptors (Lipinski definition) is 3. The molecule has 0 saturated carbocycles. The molecule has 0 amide bonds. The van der Waals surface area contributed by atoms with Crippen LogP contribution in [0, 0.1) is 0 Å². The van der Waals surface area contributed by atoms with Crippen molar-refractivity contribution in [2.45, 2.75) is 0 Å². The summed E-state index contributed by atoms with van der Waals surface area (Å²) >= 11 is 5.92. The van der Waals surface area contributed by atoms with Gasteiger partial charge in [0, 0.05) is 10.6 Å². The number of carbonyl (C=O) groups is 1. The highest BCUT2D eigenvalue weighted by atomic mass is 35.5. The van der Waals surface area contributed by atoms with Crippen molar-refractivity contribution in [1.82, 2.24) is 0 Å². The first-order valence-electron chi connectivity index (χ1n) is 6.06. The molecule has 98 valence electrons. The molecule has 1 aliphatic heterocycles. The minimum atomic E-state index is -0.455. The van der Waals surface area contributed by atoms with Crippen molar-refractivity contribution in [3.05, 3.63) is 76.4 Å². The maximum absolute atomic E-state index is 11.8. The van der Waals surface area contributed by atoms with Crippen molar-refractivity contribution in [2.75, 3.05) is 0 Å². The van der Waals surface area contributed by atoms with Gasteiger partial charge in [-0.05, 0) is 29.8 Å². The molecular weight excluding hydrogens is 274 g/mol. The third kappa shape index (κ3) is 2.63. The molecule has 0 atom stereocenters. The van der Waals surface area contributed by atoms with E-state index in [1.54, 1.807) is 30.3 Å². The Morgan fingerprint density at radius 2 is 1.85 bits per heavy atom. The fraction of sp³-hybridized carbons (Fsp3) is 0. The standard InChI is InChI=1S/C16H10ClNO2/c17-13-8-4-7-12(10-13)15-18-14(16(19)20-15)9-11-5-2-1-3-6-11/h1-10H/b14-9-. The van der Waals surface area contributed by atoms with E-state index in [-0.39, 0.29) is 11.6 Å². The molecular formula is C16H10ClNO2. The number of hydrogen-bond donors (Lipinski definition) is 0. The first-order chi connectivity index (χ1) is 9.72. The number of cyclic esters (lactones) is 1. The van der Waals surface area contributed by atoms with Gasteiger partial charge in [-0.15, -0.1) is 0 Å². The lowest BCUT2D eigenvalue weighted by molar-refractivity contribution is -0.129. The zero-order valence-electron chi connectivity index (χ0n) is 10.4. The quantitative estimate of drug-likeness (QED) is 0.623. The maximum Gasteiger partial charge on any atom is 0.363 e. The molecule has 0 bridgehead atoms. The molecule has 20 heavy (non-hydrogen) atoms. The molecule has 0 aromatic heterocycles. The van der Waals surface area contributed by atoms with Gasteiger partial charge in [-0.1, -0.05) is 48.0 Å². The van der Waals surface area contributed by atoms with Crippen molar-refractivity contribution in [2.24, 2.45) is 4.99 Å². The van der Waals surface area contributed by atoms with Crippen molar-refractivity contribution in [1.29, 1.82) is 0 Å². The van der Waals surface area contributed by atoms with E-state index in [1.807, 2.05) is 30.3 Å². The molecule has 0 radical (unpaired) electrons. The summed E-state index contributed by atoms with van der Waals surface area (Å²) in [4.78, 5) is 16.0. The SMILES string of the molecule is O=C1OC(c2cccc(Cl)c2)=N/C1=C\c1ccccc1. The van der Waals surface area contributed by atoms with Crippen LogP contribution in [0.25, 0.3) is 6.08 Å². The normalized spacial score (nSPS) is 16.1. The lowest BCUT2D eigenvalue weighted by Crippen LogP contribution is -2.05. The summed E-state index contributed by atoms with van der Waals surface area (Å²) in [5.41, 5.74) is 1.86. The van der Waals surface area contributed by atoms with Crippen LogP contribution < -0.4 is 0 Å². The molecule has 0 aliphatic carbocycles. The number of benzene rings is 2. The number of halogens is 1. The number of nitrogens with zero attached hydrogens (tertiary/aromatic N) is 1. The van der Waals surface area contributed by atoms with Crippen LogP contribution in [0.2, 0.25) is 5.02 Å². The molecule has 0 unspecified atom stereocenters. The summed E-state index contributed by atoms with van der Waals surface area (Å²) in [7, 11) is 0. The van der Waals surface area contributed by atoms with Gasteiger partial charge in [-0.3, -0.25) is 0 Å². The van der Waals surface area contributed by atoms with Crippen molar-refractivity contribution < 1.29 is 9.53 Å². The highest BCUT2D eigenvalue weighted by Gasteiger charge is 2.24. The molecule has 2 aromatic rings. The molecule has 3 nitrogen and oxygen atoms in total. The van der Waals surface area contributed by atoms with Gasteiger partial charge in [0.25, 0.3) is 0 Å². The predicted octanol–water partition coefficient (Wildman–Crippen LogP) is 3.68. The Balaban J connectivity index is 1.95. The van der Waals surface area contributed by atoms with Crippen LogP contribution in [0.15, 0.2) is 65.3 Å². The number of rotatable bonds is 2. The number of ether oxygens (including phenoxy) is 1. The van der Waals surface area contributed by atoms with Gasteiger partial charge >= 0.3 is 5.97 Å². The third-order valence-electron chi connectivity index (χ3n) is 2.80. The Morgan fingerprint density at radius 1 is 1.05 bits per heavy atom. The Bertz CT molecular complexity index is 720. The van der Waals surface area contributed by atoms with Crippen LogP contribution in [0.5, 0.6) is 0 Å². The van der Waals surface area contributed by atoms with Gasteiger partial charge in [0.15, 0.2) is 5.70 Å². The highest BCUT2D eigenvalue weighted by molar-refractivity contribution is 6.31. The van der Waals surface area contributed by atoms with Crippen molar-refractivity contribution >= 4 is 29.5 Å². The zero-order valence-corrected chi connectivity index (χ0v) is 11.2. The average molecular weight is 284 g/mol. The van der Waals surface area contributed by atoms with Crippen LogP contribution in [-0.4, -0.2) is 11.9 Å². The van der Waals surface area contributed by atoms with Gasteiger partial charge in [0.2, 0.25) is 5.90 Å². The molecule has 3 rings (SSSR count). The zero-order chi connectivity index (χ0) is 13.9. The lowest BCUT2D eigenvalue weighted by atomic mass is 10.2. The maximum atomic E-state index is 11.8. The Kier molecular flexibility index (Phi) is 3.35. The molecule has 2 aromatic carbocycles. The van der Waals surface area contributed by atoms with Crippen LogP contribution in [0.3, 0.4) is 0 Å². The van der Waals surface area contributed by atoms with E-state index in [0.29, 0.717) is 10.6 Å². The number of esters is 1. The Morgan fingerprint density at radius 3 is 2.60 bits per heavy atom. The smallest absolute Gasteiger partial charge is 0.363 e. The van der Waals surface area contributed by atoms with Crippen molar-refractivity contribution in [3.63, 3.8) is 0 Å². The summed E-state index contributed by atoms with van der Waals surface area (Å²) in [6, 6.07) is 16.5. The van der Waals surface area contributed by atoms with E-state index in [0.717, 1.165) is 5.56 Å². The third-order valence-corrected chi connectivity index (χ3v) is 3.03. The molecule has 1 aliphatic rings. The first kappa shape index (κ1) is 12.6. The summed E-state index contributed by atoms with van der Waals surface area (Å²) in [6.45, 7) is 0. The molecule has 0 saturated heterocycles. The Hall–Kier alpha value is -2.39. The monoisotopic (exact) mass is 283 g/mol. The van der Waals surface area contributed by atoms with Gasteiger partial charge in [0.05, 0.1) is 0 Å². The van der Waals surface area contributed by atoms with Crippen LogP contribution in [0.1, 0.15) is 11.1 Å². The van der Waals surface area contributed by atoms with E-state index in [2.05, 4.69) is 4.99 Å². The van der Waals surface area contributed by atoms with E-state index in [4.69, 9.17) is 16.3 Å². The largest absolute Gasteiger partial charge is 0.402 e. The fourth-order valence-corrected chi connectivity index (χ4v) is 2.05. The summed E-state index contributed by atoms with van der Waals surface area (Å²) in [5, 5.41) is 0.571. The van der Waals surface area contributed by atoms with Gasteiger partial charge in [-0.2, -0.15) is 0 Å². The van der Waals surface area contributed by atoms with E-state index < -0.39 is 5.97 Å². The van der Waals surface area contributed by atoms with Crippen LogP contribution in [-0.2, 0) is 9.53 Å². The van der Waals surface area contributed by atoms with Crippen LogP contribution in [0.4, 0.5) is 0 Å². The second-order valence-corrected chi connectivity index (χ2v) is 4.69. The first-order valence-corrected chi connectivity index (χ1v) is 6.44. The second kappa shape index (κ2) is 5.31. The molecule has 1 heterocycles. The summed E-state index contributed by atoms with van der Waals surface area (Å²) < 4.78 is 5.17. The molecule has 4 heteroatoms. The van der Waals surface area contributed by atoms with Crippen LogP contribution >= 0.6 is 11.6 Å². The van der Waals surface area contributed by atoms with E-state index in [9.17, 15) is 4.79 Å². The molecule has 0 N–H and O–H groups in total.